The number of hydrogen-bond donors (Lipinski definition) is 0. The van der Waals surface area contributed by atoms with Gasteiger partial charge in [-0.15, -0.1) is 5.75 Å². The van der Waals surface area contributed by atoms with E-state index in [0.29, 0.717) is 0 Å². The third-order valence-corrected chi connectivity index (χ3v) is 1.97. The summed E-state index contributed by atoms with van der Waals surface area (Å²) >= 11 is 0. The van der Waals surface area contributed by atoms with Crippen molar-refractivity contribution < 1.29 is 64.2 Å². The van der Waals surface area contributed by atoms with Gasteiger partial charge in [-0.3, -0.25) is 4.91 Å². The number of benzene rings is 2. The molecule has 18 heavy (non-hydrogen) atoms. The van der Waals surface area contributed by atoms with Crippen molar-refractivity contribution in [1.82, 2.24) is 0 Å². The molecule has 0 aliphatic carbocycles. The number of rotatable bonds is 1. The van der Waals surface area contributed by atoms with Gasteiger partial charge < -0.3 is 16.2 Å². The minimum Gasteiger partial charge on any atom is -0.872 e. The molecule has 0 fully saturated rings. The van der Waals surface area contributed by atoms with Crippen molar-refractivity contribution in [3.8, 4) is 16.9 Å². The molecule has 0 aliphatic heterocycles. The standard InChI is InChI=1S/C12H10O.N3.2Na/c13-12-9-5-4-8-11(12)10-6-2-1-3-7-10;1-3-2;;/h1-9,13H;;;/q;-1;2*+1/p-1. The predicted molar refractivity (Wildman–Crippen MR) is 61.4 cm³/mol. The molecule has 0 unspecified atom stereocenters. The second-order valence-corrected chi connectivity index (χ2v) is 2.95. The van der Waals surface area contributed by atoms with E-state index in [-0.39, 0.29) is 64.9 Å². The number of hydrogen-bond acceptors (Lipinski definition) is 1. The fourth-order valence-corrected chi connectivity index (χ4v) is 1.32. The molecule has 4 nitrogen and oxygen atoms in total. The smallest absolute Gasteiger partial charge is 0.872 e. The van der Waals surface area contributed by atoms with Gasteiger partial charge in [0.2, 0.25) is 0 Å². The van der Waals surface area contributed by atoms with E-state index in [9.17, 15) is 5.11 Å². The van der Waals surface area contributed by atoms with Crippen LogP contribution < -0.4 is 64.2 Å². The molecule has 0 aliphatic rings. The van der Waals surface area contributed by atoms with Crippen molar-refractivity contribution >= 4 is 0 Å². The molecule has 2 aromatic rings. The summed E-state index contributed by atoms with van der Waals surface area (Å²) in [4.78, 5) is 1.50. The van der Waals surface area contributed by atoms with Crippen LogP contribution in [0, 0.1) is 0 Å². The molecule has 2 aromatic carbocycles. The molecule has 0 spiro atoms. The first-order valence-electron chi connectivity index (χ1n) is 4.59. The summed E-state index contributed by atoms with van der Waals surface area (Å²) in [5.74, 6) is 0.0775. The third kappa shape index (κ3) is 6.47. The number of nitrogens with zero attached hydrogens (tertiary/aromatic N) is 3. The van der Waals surface area contributed by atoms with Crippen LogP contribution in [0.25, 0.3) is 27.1 Å². The van der Waals surface area contributed by atoms with Crippen LogP contribution in [0.3, 0.4) is 0 Å². The van der Waals surface area contributed by atoms with Crippen LogP contribution in [0.4, 0.5) is 0 Å². The molecule has 0 radical (unpaired) electrons. The van der Waals surface area contributed by atoms with Crippen LogP contribution in [0.2, 0.25) is 0 Å². The molecule has 0 amide bonds. The molecule has 2 rings (SSSR count). The van der Waals surface area contributed by atoms with Crippen molar-refractivity contribution in [1.29, 1.82) is 0 Å². The van der Waals surface area contributed by atoms with E-state index in [2.05, 4.69) is 0 Å². The van der Waals surface area contributed by atoms with Gasteiger partial charge in [-0.1, -0.05) is 54.6 Å². The molecule has 0 bridgehead atoms. The summed E-state index contributed by atoms with van der Waals surface area (Å²) in [6.07, 6.45) is 0. The molecule has 0 saturated heterocycles. The van der Waals surface area contributed by atoms with Gasteiger partial charge in [0, 0.05) is 0 Å². The van der Waals surface area contributed by atoms with E-state index in [1.165, 1.54) is 4.91 Å². The molecule has 0 atom stereocenters. The second kappa shape index (κ2) is 11.6. The number of para-hydroxylation sites is 1. The van der Waals surface area contributed by atoms with Crippen LogP contribution in [0.1, 0.15) is 0 Å². The van der Waals surface area contributed by atoms with E-state index in [1.807, 2.05) is 42.5 Å². The van der Waals surface area contributed by atoms with Crippen molar-refractivity contribution in [2.24, 2.45) is 0 Å². The molecule has 0 saturated carbocycles. The summed E-state index contributed by atoms with van der Waals surface area (Å²) in [6.45, 7) is 0. The minimum absolute atomic E-state index is 0. The monoisotopic (exact) mass is 257 g/mol. The van der Waals surface area contributed by atoms with Crippen LogP contribution in [0.5, 0.6) is 5.75 Å². The molecular weight excluding hydrogens is 248 g/mol. The Kier molecular flexibility index (Phi) is 12.8. The Balaban J connectivity index is 0. The van der Waals surface area contributed by atoms with Crippen molar-refractivity contribution in [2.75, 3.05) is 0 Å². The van der Waals surface area contributed by atoms with Crippen LogP contribution in [-0.4, -0.2) is 0 Å². The van der Waals surface area contributed by atoms with Crippen LogP contribution in [0.15, 0.2) is 54.6 Å². The SMILES string of the molecule is [N-]=[N+]=[N-].[Na+].[Na+].[O-]c1ccccc1-c1ccccc1. The van der Waals surface area contributed by atoms with E-state index < -0.39 is 0 Å². The summed E-state index contributed by atoms with van der Waals surface area (Å²) in [5, 5.41) is 11.4. The maximum absolute atomic E-state index is 11.4. The zero-order valence-electron chi connectivity index (χ0n) is 10.4. The summed E-state index contributed by atoms with van der Waals surface area (Å²) in [5.41, 5.74) is 15.2. The van der Waals surface area contributed by atoms with E-state index >= 15 is 0 Å². The minimum atomic E-state index is 0. The topological polar surface area (TPSA) is 81.8 Å². The first-order valence-corrected chi connectivity index (χ1v) is 4.59. The fourth-order valence-electron chi connectivity index (χ4n) is 1.32. The largest absolute Gasteiger partial charge is 1.00 e. The Morgan fingerprint density at radius 3 is 1.72 bits per heavy atom. The quantitative estimate of drug-likeness (QED) is 0.237. The molecular formula is C12H9N3Na2O. The predicted octanol–water partition coefficient (Wildman–Crippen LogP) is -2.70. The molecule has 0 aromatic heterocycles. The Bertz CT molecular complexity index is 486. The van der Waals surface area contributed by atoms with Gasteiger partial charge in [0.05, 0.1) is 0 Å². The molecule has 0 heterocycles. The van der Waals surface area contributed by atoms with Gasteiger partial charge in [0.15, 0.2) is 0 Å². The maximum Gasteiger partial charge on any atom is 1.00 e. The normalized spacial score (nSPS) is 7.56. The Labute approximate surface area is 150 Å². The van der Waals surface area contributed by atoms with Gasteiger partial charge in [-0.25, -0.2) is 0 Å². The van der Waals surface area contributed by atoms with E-state index in [4.69, 9.17) is 11.1 Å². The zero-order valence-corrected chi connectivity index (χ0v) is 14.4. The Morgan fingerprint density at radius 1 is 0.778 bits per heavy atom. The molecule has 6 heteroatoms. The van der Waals surface area contributed by atoms with Gasteiger partial charge in [0.1, 0.15) is 0 Å². The van der Waals surface area contributed by atoms with E-state index in [1.54, 1.807) is 12.1 Å². The average Bonchev–Trinajstić information content (AvgIpc) is 2.32. The maximum atomic E-state index is 11.4. The molecule has 80 valence electrons. The average molecular weight is 257 g/mol. The van der Waals surface area contributed by atoms with Gasteiger partial charge in [0.25, 0.3) is 0 Å². The van der Waals surface area contributed by atoms with Crippen molar-refractivity contribution in [2.45, 2.75) is 0 Å². The second-order valence-electron chi connectivity index (χ2n) is 2.95. The van der Waals surface area contributed by atoms with E-state index in [0.717, 1.165) is 11.1 Å². The molecule has 0 N–H and O–H groups in total. The van der Waals surface area contributed by atoms with Gasteiger partial charge in [-0.05, 0) is 11.1 Å². The first kappa shape index (κ1) is 19.9. The zero-order chi connectivity index (χ0) is 11.8. The third-order valence-electron chi connectivity index (χ3n) is 1.97. The van der Waals surface area contributed by atoms with Gasteiger partial charge >= 0.3 is 59.1 Å². The summed E-state index contributed by atoms with van der Waals surface area (Å²) in [6, 6.07) is 16.8. The summed E-state index contributed by atoms with van der Waals surface area (Å²) < 4.78 is 0. The fraction of sp³-hybridized carbons (Fsp3) is 0. The van der Waals surface area contributed by atoms with Crippen molar-refractivity contribution in [3.05, 3.63) is 70.6 Å². The van der Waals surface area contributed by atoms with Crippen LogP contribution >= 0.6 is 0 Å². The first-order chi connectivity index (χ1) is 7.79. The Hall–Kier alpha value is -0.450. The van der Waals surface area contributed by atoms with Crippen LogP contribution in [-0.2, 0) is 0 Å². The Morgan fingerprint density at radius 2 is 1.22 bits per heavy atom. The summed E-state index contributed by atoms with van der Waals surface area (Å²) in [7, 11) is 0. The van der Waals surface area contributed by atoms with Crippen molar-refractivity contribution in [3.63, 3.8) is 0 Å². The van der Waals surface area contributed by atoms with Gasteiger partial charge in [-0.2, -0.15) is 0 Å².